The van der Waals surface area contributed by atoms with Crippen molar-refractivity contribution in [2.24, 2.45) is 7.05 Å². The molecule has 0 spiro atoms. The third-order valence-corrected chi connectivity index (χ3v) is 3.38. The van der Waals surface area contributed by atoms with Crippen molar-refractivity contribution in [1.82, 2.24) is 20.1 Å². The summed E-state index contributed by atoms with van der Waals surface area (Å²) in [5.74, 6) is -0.347. The molecule has 0 unspecified atom stereocenters. The summed E-state index contributed by atoms with van der Waals surface area (Å²) >= 11 is 0. The average molecular weight is 325 g/mol. The molecule has 0 aliphatic heterocycles. The molecule has 0 radical (unpaired) electrons. The average Bonchev–Trinajstić information content (AvgIpc) is 3.02. The van der Waals surface area contributed by atoms with Crippen LogP contribution in [0.2, 0.25) is 0 Å². The summed E-state index contributed by atoms with van der Waals surface area (Å²) in [5, 5.41) is 9.46. The van der Waals surface area contributed by atoms with E-state index in [0.29, 0.717) is 12.2 Å². The Balaban J connectivity index is 1.54. The van der Waals surface area contributed by atoms with Crippen LogP contribution >= 0.6 is 0 Å². The Labute approximate surface area is 138 Å². The smallest absolute Gasteiger partial charge is 0.319 e. The van der Waals surface area contributed by atoms with Crippen molar-refractivity contribution in [3.05, 3.63) is 66.4 Å². The van der Waals surface area contributed by atoms with E-state index in [1.165, 1.54) is 24.3 Å². The van der Waals surface area contributed by atoms with E-state index in [-0.39, 0.29) is 11.8 Å². The van der Waals surface area contributed by atoms with Crippen LogP contribution in [0.4, 0.5) is 14.9 Å². The van der Waals surface area contributed by atoms with E-state index in [2.05, 4.69) is 20.7 Å². The number of hydrogen-bond acceptors (Lipinski definition) is 3. The van der Waals surface area contributed by atoms with Crippen LogP contribution in [0.15, 0.2) is 55.0 Å². The number of urea groups is 1. The van der Waals surface area contributed by atoms with Crippen molar-refractivity contribution in [3.8, 4) is 11.3 Å². The summed E-state index contributed by atoms with van der Waals surface area (Å²) in [6, 6.07) is 8.99. The molecule has 0 atom stereocenters. The lowest BCUT2D eigenvalue weighted by Crippen LogP contribution is -2.28. The van der Waals surface area contributed by atoms with Crippen molar-refractivity contribution >= 4 is 11.7 Å². The summed E-state index contributed by atoms with van der Waals surface area (Å²) in [6.07, 6.45) is 5.34. The number of carbonyl (C=O) groups is 1. The maximum Gasteiger partial charge on any atom is 0.319 e. The topological polar surface area (TPSA) is 71.8 Å². The van der Waals surface area contributed by atoms with E-state index in [4.69, 9.17) is 0 Å². The predicted octanol–water partition coefficient (Wildman–Crippen LogP) is 2.94. The maximum atomic E-state index is 12.8. The Morgan fingerprint density at radius 3 is 2.58 bits per heavy atom. The molecule has 3 aromatic rings. The number of rotatable bonds is 4. The van der Waals surface area contributed by atoms with Gasteiger partial charge in [0, 0.05) is 37.2 Å². The monoisotopic (exact) mass is 325 g/mol. The number of carbonyl (C=O) groups excluding carboxylic acids is 1. The lowest BCUT2D eigenvalue weighted by atomic mass is 10.2. The largest absolute Gasteiger partial charge is 0.334 e. The van der Waals surface area contributed by atoms with E-state index in [1.807, 2.05) is 25.4 Å². The zero-order valence-corrected chi connectivity index (χ0v) is 13.0. The highest BCUT2D eigenvalue weighted by Crippen LogP contribution is 2.15. The normalized spacial score (nSPS) is 10.4. The number of benzene rings is 1. The molecule has 1 aromatic carbocycles. The first-order valence-corrected chi connectivity index (χ1v) is 7.34. The summed E-state index contributed by atoms with van der Waals surface area (Å²) in [5.41, 5.74) is 3.16. The van der Waals surface area contributed by atoms with E-state index in [9.17, 15) is 9.18 Å². The molecule has 3 rings (SSSR count). The fraction of sp³-hybridized carbons (Fsp3) is 0.118. The van der Waals surface area contributed by atoms with Crippen molar-refractivity contribution < 1.29 is 9.18 Å². The van der Waals surface area contributed by atoms with Gasteiger partial charge in [0.2, 0.25) is 0 Å². The molecular formula is C17H16FN5O. The van der Waals surface area contributed by atoms with Gasteiger partial charge in [0.05, 0.1) is 11.9 Å². The van der Waals surface area contributed by atoms with Gasteiger partial charge < -0.3 is 10.6 Å². The molecule has 6 nitrogen and oxygen atoms in total. The van der Waals surface area contributed by atoms with Gasteiger partial charge in [0.15, 0.2) is 0 Å². The SMILES string of the molecule is Cn1cc(-c2ccc(CNC(=O)Nc3ccc(F)cc3)cn2)cn1. The van der Waals surface area contributed by atoms with Crippen LogP contribution in [0.1, 0.15) is 5.56 Å². The van der Waals surface area contributed by atoms with E-state index in [0.717, 1.165) is 16.8 Å². The standard InChI is InChI=1S/C17H16FN5O/c1-23-11-13(10-21-23)16-7-2-12(8-19-16)9-20-17(24)22-15-5-3-14(18)4-6-15/h2-8,10-11H,9H2,1H3,(H2,20,22,24). The molecule has 2 amide bonds. The van der Waals surface area contributed by atoms with Gasteiger partial charge in [-0.05, 0) is 35.9 Å². The first-order valence-electron chi connectivity index (χ1n) is 7.34. The first kappa shape index (κ1) is 15.7. The first-order chi connectivity index (χ1) is 11.6. The second kappa shape index (κ2) is 6.91. The molecule has 2 N–H and O–H groups in total. The van der Waals surface area contributed by atoms with Gasteiger partial charge in [-0.1, -0.05) is 6.07 Å². The van der Waals surface area contributed by atoms with Crippen LogP contribution in [0, 0.1) is 5.82 Å². The second-order valence-electron chi connectivity index (χ2n) is 5.27. The summed E-state index contributed by atoms with van der Waals surface area (Å²) in [7, 11) is 1.85. The van der Waals surface area contributed by atoms with E-state index in [1.54, 1.807) is 17.1 Å². The Kier molecular flexibility index (Phi) is 4.51. The highest BCUT2D eigenvalue weighted by atomic mass is 19.1. The number of nitrogens with one attached hydrogen (secondary N) is 2. The van der Waals surface area contributed by atoms with Gasteiger partial charge in [-0.25, -0.2) is 9.18 Å². The van der Waals surface area contributed by atoms with Crippen LogP contribution in [-0.2, 0) is 13.6 Å². The third-order valence-electron chi connectivity index (χ3n) is 3.38. The fourth-order valence-electron chi connectivity index (χ4n) is 2.14. The predicted molar refractivity (Wildman–Crippen MR) is 88.7 cm³/mol. The van der Waals surface area contributed by atoms with E-state index >= 15 is 0 Å². The van der Waals surface area contributed by atoms with Crippen LogP contribution < -0.4 is 10.6 Å². The van der Waals surface area contributed by atoms with Crippen molar-refractivity contribution in [2.75, 3.05) is 5.32 Å². The molecule has 0 saturated heterocycles. The second-order valence-corrected chi connectivity index (χ2v) is 5.27. The Bertz CT molecular complexity index is 827. The molecular weight excluding hydrogens is 309 g/mol. The maximum absolute atomic E-state index is 12.8. The Hall–Kier alpha value is -3.22. The van der Waals surface area contributed by atoms with Gasteiger partial charge in [-0.15, -0.1) is 0 Å². The van der Waals surface area contributed by atoms with E-state index < -0.39 is 0 Å². The van der Waals surface area contributed by atoms with Gasteiger partial charge in [-0.3, -0.25) is 9.67 Å². The lowest BCUT2D eigenvalue weighted by Gasteiger charge is -2.08. The van der Waals surface area contributed by atoms with Gasteiger partial charge in [-0.2, -0.15) is 5.10 Å². The quantitative estimate of drug-likeness (QED) is 0.775. The van der Waals surface area contributed by atoms with Crippen molar-refractivity contribution in [2.45, 2.75) is 6.54 Å². The zero-order chi connectivity index (χ0) is 16.9. The summed E-state index contributed by atoms with van der Waals surface area (Å²) in [4.78, 5) is 16.2. The van der Waals surface area contributed by atoms with Crippen LogP contribution in [0.25, 0.3) is 11.3 Å². The molecule has 0 aliphatic carbocycles. The number of pyridine rings is 1. The lowest BCUT2D eigenvalue weighted by molar-refractivity contribution is 0.251. The highest BCUT2D eigenvalue weighted by molar-refractivity contribution is 5.89. The number of amides is 2. The summed E-state index contributed by atoms with van der Waals surface area (Å²) < 4.78 is 14.5. The number of halogens is 1. The van der Waals surface area contributed by atoms with Crippen LogP contribution in [0.3, 0.4) is 0 Å². The minimum absolute atomic E-state index is 0.341. The Morgan fingerprint density at radius 2 is 1.96 bits per heavy atom. The molecule has 24 heavy (non-hydrogen) atoms. The van der Waals surface area contributed by atoms with Gasteiger partial charge in [0.1, 0.15) is 5.82 Å². The van der Waals surface area contributed by atoms with Crippen molar-refractivity contribution in [1.29, 1.82) is 0 Å². The Morgan fingerprint density at radius 1 is 1.17 bits per heavy atom. The summed E-state index contributed by atoms with van der Waals surface area (Å²) in [6.45, 7) is 0.341. The minimum Gasteiger partial charge on any atom is -0.334 e. The zero-order valence-electron chi connectivity index (χ0n) is 13.0. The van der Waals surface area contributed by atoms with Gasteiger partial charge in [0.25, 0.3) is 0 Å². The van der Waals surface area contributed by atoms with Crippen LogP contribution in [-0.4, -0.2) is 20.8 Å². The fourth-order valence-corrected chi connectivity index (χ4v) is 2.14. The number of anilines is 1. The number of hydrogen-bond donors (Lipinski definition) is 2. The number of aromatic nitrogens is 3. The molecule has 2 aromatic heterocycles. The highest BCUT2D eigenvalue weighted by Gasteiger charge is 2.04. The van der Waals surface area contributed by atoms with Crippen molar-refractivity contribution in [3.63, 3.8) is 0 Å². The minimum atomic E-state index is -0.363. The third kappa shape index (κ3) is 3.95. The molecule has 7 heteroatoms. The molecule has 122 valence electrons. The molecule has 0 fully saturated rings. The molecule has 0 bridgehead atoms. The number of nitrogens with zero attached hydrogens (tertiary/aromatic N) is 3. The molecule has 0 saturated carbocycles. The molecule has 2 heterocycles. The molecule has 0 aliphatic rings. The van der Waals surface area contributed by atoms with Crippen LogP contribution in [0.5, 0.6) is 0 Å². The number of aryl methyl sites for hydroxylation is 1. The van der Waals surface area contributed by atoms with Gasteiger partial charge >= 0.3 is 6.03 Å².